The summed E-state index contributed by atoms with van der Waals surface area (Å²) in [7, 11) is 1.64. The standard InChI is InChI=1S/C26H33N5O3/c1-4-5-6-17-34-23-11-7-20(8-12-23)25(32)27-15-16-28-26-29-19(2)18-24(31-26)30-21-9-13-22(33-3)14-10-21/h7-14,18H,4-6,15-17H2,1-3H3,(H,27,32)(H2,28,29,30,31). The van der Waals surface area contributed by atoms with Crippen molar-refractivity contribution in [2.75, 3.05) is 37.4 Å². The third-order valence-electron chi connectivity index (χ3n) is 5.04. The molecule has 0 saturated heterocycles. The Hall–Kier alpha value is -3.81. The Morgan fingerprint density at radius 1 is 0.941 bits per heavy atom. The van der Waals surface area contributed by atoms with E-state index in [0.29, 0.717) is 37.0 Å². The first-order valence-electron chi connectivity index (χ1n) is 11.6. The number of unbranched alkanes of at least 4 members (excludes halogenated alkanes) is 2. The van der Waals surface area contributed by atoms with Gasteiger partial charge < -0.3 is 25.4 Å². The Bertz CT molecular complexity index is 1040. The van der Waals surface area contributed by atoms with Crippen molar-refractivity contribution in [1.29, 1.82) is 0 Å². The molecule has 180 valence electrons. The van der Waals surface area contributed by atoms with Crippen LogP contribution in [-0.4, -0.2) is 42.7 Å². The van der Waals surface area contributed by atoms with Gasteiger partial charge in [-0.05, 0) is 61.9 Å². The monoisotopic (exact) mass is 463 g/mol. The maximum absolute atomic E-state index is 12.4. The lowest BCUT2D eigenvalue weighted by atomic mass is 10.2. The molecule has 0 fully saturated rings. The molecule has 0 unspecified atom stereocenters. The van der Waals surface area contributed by atoms with Crippen molar-refractivity contribution in [3.63, 3.8) is 0 Å². The van der Waals surface area contributed by atoms with E-state index in [2.05, 4.69) is 32.8 Å². The molecule has 0 bridgehead atoms. The fraction of sp³-hybridized carbons (Fsp3) is 0.346. The van der Waals surface area contributed by atoms with E-state index in [-0.39, 0.29) is 5.91 Å². The van der Waals surface area contributed by atoms with Gasteiger partial charge in [0.2, 0.25) is 5.95 Å². The minimum absolute atomic E-state index is 0.133. The van der Waals surface area contributed by atoms with Gasteiger partial charge in [-0.1, -0.05) is 19.8 Å². The van der Waals surface area contributed by atoms with Crippen molar-refractivity contribution in [1.82, 2.24) is 15.3 Å². The summed E-state index contributed by atoms with van der Waals surface area (Å²) in [6.07, 6.45) is 3.35. The smallest absolute Gasteiger partial charge is 0.251 e. The predicted octanol–water partition coefficient (Wildman–Crippen LogP) is 4.95. The van der Waals surface area contributed by atoms with Crippen LogP contribution in [0.4, 0.5) is 17.5 Å². The number of hydrogen-bond acceptors (Lipinski definition) is 7. The number of carbonyl (C=O) groups is 1. The van der Waals surface area contributed by atoms with Gasteiger partial charge in [0.15, 0.2) is 0 Å². The number of carbonyl (C=O) groups excluding carboxylic acids is 1. The summed E-state index contributed by atoms with van der Waals surface area (Å²) in [6, 6.07) is 16.7. The number of anilines is 3. The summed E-state index contributed by atoms with van der Waals surface area (Å²) in [4.78, 5) is 21.3. The molecule has 0 atom stereocenters. The molecular formula is C26H33N5O3. The van der Waals surface area contributed by atoms with Gasteiger partial charge in [-0.3, -0.25) is 4.79 Å². The first kappa shape index (κ1) is 24.8. The number of aromatic nitrogens is 2. The van der Waals surface area contributed by atoms with Crippen LogP contribution in [-0.2, 0) is 0 Å². The minimum atomic E-state index is -0.133. The second-order valence-corrected chi connectivity index (χ2v) is 7.83. The van der Waals surface area contributed by atoms with Crippen LogP contribution in [0.3, 0.4) is 0 Å². The quantitative estimate of drug-likeness (QED) is 0.309. The second kappa shape index (κ2) is 13.0. The lowest BCUT2D eigenvalue weighted by Crippen LogP contribution is -2.29. The molecule has 0 saturated carbocycles. The van der Waals surface area contributed by atoms with Crippen LogP contribution in [0.25, 0.3) is 0 Å². The number of methoxy groups -OCH3 is 1. The summed E-state index contributed by atoms with van der Waals surface area (Å²) in [5.41, 5.74) is 2.32. The van der Waals surface area contributed by atoms with E-state index in [1.807, 2.05) is 49.4 Å². The summed E-state index contributed by atoms with van der Waals surface area (Å²) in [6.45, 7) is 5.70. The van der Waals surface area contributed by atoms with Gasteiger partial charge in [-0.25, -0.2) is 4.98 Å². The van der Waals surface area contributed by atoms with Crippen LogP contribution < -0.4 is 25.4 Å². The van der Waals surface area contributed by atoms with Gasteiger partial charge in [-0.15, -0.1) is 0 Å². The fourth-order valence-electron chi connectivity index (χ4n) is 3.23. The van der Waals surface area contributed by atoms with Gasteiger partial charge in [0, 0.05) is 36.1 Å². The second-order valence-electron chi connectivity index (χ2n) is 7.83. The van der Waals surface area contributed by atoms with E-state index in [4.69, 9.17) is 9.47 Å². The molecule has 2 aromatic carbocycles. The van der Waals surface area contributed by atoms with E-state index in [1.54, 1.807) is 19.2 Å². The minimum Gasteiger partial charge on any atom is -0.497 e. The predicted molar refractivity (Wildman–Crippen MR) is 135 cm³/mol. The molecule has 1 heterocycles. The highest BCUT2D eigenvalue weighted by Gasteiger charge is 2.07. The number of hydrogen-bond donors (Lipinski definition) is 3. The first-order valence-corrected chi connectivity index (χ1v) is 11.6. The molecule has 34 heavy (non-hydrogen) atoms. The van der Waals surface area contributed by atoms with Gasteiger partial charge in [0.1, 0.15) is 17.3 Å². The number of rotatable bonds is 13. The largest absolute Gasteiger partial charge is 0.497 e. The highest BCUT2D eigenvalue weighted by molar-refractivity contribution is 5.94. The molecule has 0 aliphatic heterocycles. The van der Waals surface area contributed by atoms with Crippen LogP contribution in [0.2, 0.25) is 0 Å². The molecule has 0 spiro atoms. The van der Waals surface area contributed by atoms with Gasteiger partial charge in [-0.2, -0.15) is 4.98 Å². The molecule has 8 heteroatoms. The molecule has 1 amide bonds. The summed E-state index contributed by atoms with van der Waals surface area (Å²) < 4.78 is 10.9. The SMILES string of the molecule is CCCCCOc1ccc(C(=O)NCCNc2nc(C)cc(Nc3ccc(OC)cc3)n2)cc1. The van der Waals surface area contributed by atoms with Gasteiger partial charge in [0.25, 0.3) is 5.91 Å². The lowest BCUT2D eigenvalue weighted by Gasteiger charge is -2.11. The molecule has 0 aliphatic carbocycles. The van der Waals surface area contributed by atoms with Crippen molar-refractivity contribution in [3.05, 3.63) is 65.9 Å². The van der Waals surface area contributed by atoms with Crippen LogP contribution >= 0.6 is 0 Å². The number of nitrogens with zero attached hydrogens (tertiary/aromatic N) is 2. The van der Waals surface area contributed by atoms with Crippen molar-refractivity contribution in [3.8, 4) is 11.5 Å². The Kier molecular flexibility index (Phi) is 9.52. The average molecular weight is 464 g/mol. The zero-order chi connectivity index (χ0) is 24.2. The van der Waals surface area contributed by atoms with Crippen LogP contribution in [0.15, 0.2) is 54.6 Å². The van der Waals surface area contributed by atoms with E-state index in [0.717, 1.165) is 42.1 Å². The summed E-state index contributed by atoms with van der Waals surface area (Å²) in [5, 5.41) is 9.33. The molecule has 1 aromatic heterocycles. The topological polar surface area (TPSA) is 97.4 Å². The average Bonchev–Trinajstić information content (AvgIpc) is 2.85. The third kappa shape index (κ3) is 7.95. The normalized spacial score (nSPS) is 10.4. The van der Waals surface area contributed by atoms with Crippen molar-refractivity contribution >= 4 is 23.4 Å². The molecule has 8 nitrogen and oxygen atoms in total. The van der Waals surface area contributed by atoms with Gasteiger partial charge in [0.05, 0.1) is 13.7 Å². The Morgan fingerprint density at radius 2 is 1.68 bits per heavy atom. The number of aryl methyl sites for hydroxylation is 1. The van der Waals surface area contributed by atoms with E-state index < -0.39 is 0 Å². The summed E-state index contributed by atoms with van der Waals surface area (Å²) in [5.74, 6) is 2.62. The molecular weight excluding hydrogens is 430 g/mol. The number of ether oxygens (including phenoxy) is 2. The first-order chi connectivity index (χ1) is 16.6. The molecule has 0 aliphatic rings. The van der Waals surface area contributed by atoms with Crippen LogP contribution in [0.1, 0.15) is 42.2 Å². The van der Waals surface area contributed by atoms with Crippen molar-refractivity contribution in [2.24, 2.45) is 0 Å². The van der Waals surface area contributed by atoms with Crippen molar-refractivity contribution in [2.45, 2.75) is 33.1 Å². The zero-order valence-electron chi connectivity index (χ0n) is 20.1. The maximum Gasteiger partial charge on any atom is 0.251 e. The number of benzene rings is 2. The van der Waals surface area contributed by atoms with Crippen molar-refractivity contribution < 1.29 is 14.3 Å². The lowest BCUT2D eigenvalue weighted by molar-refractivity contribution is 0.0955. The number of nitrogens with one attached hydrogen (secondary N) is 3. The Balaban J connectivity index is 1.44. The highest BCUT2D eigenvalue weighted by atomic mass is 16.5. The highest BCUT2D eigenvalue weighted by Crippen LogP contribution is 2.20. The van der Waals surface area contributed by atoms with Crippen LogP contribution in [0.5, 0.6) is 11.5 Å². The Morgan fingerprint density at radius 3 is 2.38 bits per heavy atom. The third-order valence-corrected chi connectivity index (χ3v) is 5.04. The Labute approximate surface area is 201 Å². The summed E-state index contributed by atoms with van der Waals surface area (Å²) >= 11 is 0. The molecule has 3 N–H and O–H groups in total. The zero-order valence-corrected chi connectivity index (χ0v) is 20.1. The molecule has 3 rings (SSSR count). The molecule has 0 radical (unpaired) electrons. The van der Waals surface area contributed by atoms with Crippen LogP contribution in [0, 0.1) is 6.92 Å². The number of amides is 1. The fourth-order valence-corrected chi connectivity index (χ4v) is 3.23. The maximum atomic E-state index is 12.4. The van der Waals surface area contributed by atoms with Gasteiger partial charge >= 0.3 is 0 Å². The van der Waals surface area contributed by atoms with E-state index in [9.17, 15) is 4.79 Å². The van der Waals surface area contributed by atoms with E-state index >= 15 is 0 Å². The molecule has 3 aromatic rings. The van der Waals surface area contributed by atoms with E-state index in [1.165, 1.54) is 0 Å².